The van der Waals surface area contributed by atoms with Crippen molar-refractivity contribution < 1.29 is 35.1 Å². The molecule has 0 bridgehead atoms. The molecule has 10 heteroatoms. The van der Waals surface area contributed by atoms with Gasteiger partial charge in [0.2, 0.25) is 0 Å². The Kier molecular flexibility index (Phi) is 4.80. The lowest BCUT2D eigenvalue weighted by Crippen LogP contribution is -2.39. The molecule has 0 saturated heterocycles. The van der Waals surface area contributed by atoms with E-state index in [1.807, 2.05) is 0 Å². The highest BCUT2D eigenvalue weighted by molar-refractivity contribution is 6.32. The summed E-state index contributed by atoms with van der Waals surface area (Å²) in [5, 5.41) is -3.57. The quantitative estimate of drug-likeness (QED) is 0.369. The van der Waals surface area contributed by atoms with Crippen LogP contribution in [-0.2, 0) is 0 Å². The van der Waals surface area contributed by atoms with E-state index in [1.54, 1.807) is 0 Å². The van der Waals surface area contributed by atoms with Crippen molar-refractivity contribution in [1.82, 2.24) is 0 Å². The predicted molar refractivity (Wildman–Crippen MR) is 55.6 cm³/mol. The Bertz CT molecular complexity index is 479. The summed E-state index contributed by atoms with van der Waals surface area (Å²) >= 11 is 10.5. The Hall–Kier alpha value is -0.760. The smallest absolute Gasteiger partial charge is 0.204 e. The minimum Gasteiger partial charge on any atom is -0.204 e. The van der Waals surface area contributed by atoms with Gasteiger partial charge in [-0.05, 0) is 17.7 Å². The molecule has 1 aromatic carbocycles. The molecule has 114 valence electrons. The largest absolute Gasteiger partial charge is 0.402 e. The Morgan fingerprint density at radius 2 is 1.25 bits per heavy atom. The van der Waals surface area contributed by atoms with Crippen molar-refractivity contribution in [2.45, 2.75) is 17.7 Å². The molecule has 0 aliphatic carbocycles. The van der Waals surface area contributed by atoms with Gasteiger partial charge in [0.25, 0.3) is 0 Å². The maximum absolute atomic E-state index is 12.9. The molecule has 0 radical (unpaired) electrons. The first-order valence-corrected chi connectivity index (χ1v) is 5.59. The highest BCUT2D eigenvalue weighted by Crippen LogP contribution is 2.50. The number of alkyl halides is 7. The molecule has 0 aromatic heterocycles. The molecule has 1 aromatic rings. The van der Waals surface area contributed by atoms with Crippen molar-refractivity contribution in [3.8, 4) is 0 Å². The van der Waals surface area contributed by atoms with Crippen LogP contribution >= 0.6 is 23.2 Å². The number of halogens is 10. The minimum atomic E-state index is -5.72. The molecule has 0 spiro atoms. The molecular weight excluding hydrogens is 343 g/mol. The van der Waals surface area contributed by atoms with Gasteiger partial charge in [-0.25, -0.2) is 8.78 Å². The van der Waals surface area contributed by atoms with Crippen molar-refractivity contribution >= 4 is 23.2 Å². The van der Waals surface area contributed by atoms with Crippen molar-refractivity contribution in [3.05, 3.63) is 34.4 Å². The molecule has 0 aliphatic heterocycles. The van der Waals surface area contributed by atoms with Crippen LogP contribution < -0.4 is 0 Å². The Balaban J connectivity index is 3.34. The van der Waals surface area contributed by atoms with E-state index in [9.17, 15) is 35.1 Å². The van der Waals surface area contributed by atoms with Gasteiger partial charge in [0, 0.05) is 5.02 Å². The van der Waals surface area contributed by atoms with Gasteiger partial charge >= 0.3 is 12.4 Å². The highest BCUT2D eigenvalue weighted by atomic mass is 35.5. The summed E-state index contributed by atoms with van der Waals surface area (Å²) in [5.74, 6) is -7.13. The second-order valence-corrected chi connectivity index (χ2v) is 4.63. The molecule has 0 nitrogen and oxygen atoms in total. The SMILES string of the molecule is Fc1cc(Cl)c(C(Cl)C(C(F)(F)F)C(F)(F)F)cc1F. The third-order valence-corrected chi connectivity index (χ3v) is 3.15. The Morgan fingerprint density at radius 3 is 1.65 bits per heavy atom. The average molecular weight is 347 g/mol. The number of benzene rings is 1. The maximum Gasteiger partial charge on any atom is 0.402 e. The van der Waals surface area contributed by atoms with Gasteiger partial charge in [-0.3, -0.25) is 0 Å². The van der Waals surface area contributed by atoms with Crippen LogP contribution in [0.25, 0.3) is 0 Å². The summed E-state index contributed by atoms with van der Waals surface area (Å²) in [5.41, 5.74) is -0.994. The van der Waals surface area contributed by atoms with Gasteiger partial charge in [0.05, 0.1) is 5.38 Å². The van der Waals surface area contributed by atoms with Crippen LogP contribution in [0.2, 0.25) is 5.02 Å². The number of rotatable bonds is 2. The lowest BCUT2D eigenvalue weighted by atomic mass is 9.97. The van der Waals surface area contributed by atoms with Gasteiger partial charge in [-0.15, -0.1) is 11.6 Å². The first-order valence-electron chi connectivity index (χ1n) is 4.77. The van der Waals surface area contributed by atoms with E-state index in [2.05, 4.69) is 0 Å². The molecular formula is C10H4Cl2F8. The second kappa shape index (κ2) is 5.55. The molecule has 0 N–H and O–H groups in total. The summed E-state index contributed by atoms with van der Waals surface area (Å²) < 4.78 is 100. The zero-order valence-electron chi connectivity index (χ0n) is 9.09. The second-order valence-electron chi connectivity index (χ2n) is 3.75. The van der Waals surface area contributed by atoms with Crippen LogP contribution in [0, 0.1) is 17.6 Å². The monoisotopic (exact) mass is 346 g/mol. The maximum atomic E-state index is 12.9. The van der Waals surface area contributed by atoms with Crippen LogP contribution in [0.3, 0.4) is 0 Å². The van der Waals surface area contributed by atoms with Gasteiger partial charge in [0.1, 0.15) is 0 Å². The van der Waals surface area contributed by atoms with E-state index in [-0.39, 0.29) is 12.1 Å². The van der Waals surface area contributed by atoms with Crippen LogP contribution in [0.1, 0.15) is 10.9 Å². The van der Waals surface area contributed by atoms with E-state index in [0.29, 0.717) is 0 Å². The summed E-state index contributed by atoms with van der Waals surface area (Å²) in [7, 11) is 0. The van der Waals surface area contributed by atoms with Crippen LogP contribution in [0.5, 0.6) is 0 Å². The third-order valence-electron chi connectivity index (χ3n) is 2.33. The summed E-state index contributed by atoms with van der Waals surface area (Å²) in [6, 6.07) is 0.366. The van der Waals surface area contributed by atoms with Crippen molar-refractivity contribution in [1.29, 1.82) is 0 Å². The molecule has 0 fully saturated rings. The zero-order valence-corrected chi connectivity index (χ0v) is 10.6. The summed E-state index contributed by atoms with van der Waals surface area (Å²) in [4.78, 5) is 0. The van der Waals surface area contributed by atoms with Gasteiger partial charge < -0.3 is 0 Å². The van der Waals surface area contributed by atoms with E-state index in [1.165, 1.54) is 0 Å². The lowest BCUT2D eigenvalue weighted by Gasteiger charge is -2.27. The van der Waals surface area contributed by atoms with Crippen molar-refractivity contribution in [3.63, 3.8) is 0 Å². The standard InChI is InChI=1S/C10H4Cl2F8/c11-4-2-6(14)5(13)1-3(4)7(12)8(9(15,16)17)10(18,19)20/h1-2,7-8H. The normalized spacial score (nSPS) is 14.8. The first-order chi connectivity index (χ1) is 8.85. The van der Waals surface area contributed by atoms with Crippen LogP contribution in [-0.4, -0.2) is 12.4 Å². The molecule has 20 heavy (non-hydrogen) atoms. The van der Waals surface area contributed by atoms with Gasteiger partial charge in [-0.2, -0.15) is 26.3 Å². The average Bonchev–Trinajstić information content (AvgIpc) is 2.18. The minimum absolute atomic E-state index is 0.111. The third kappa shape index (κ3) is 3.66. The van der Waals surface area contributed by atoms with Crippen molar-refractivity contribution in [2.24, 2.45) is 5.92 Å². The van der Waals surface area contributed by atoms with E-state index in [0.717, 1.165) is 0 Å². The van der Waals surface area contributed by atoms with Gasteiger partial charge in [0.15, 0.2) is 17.6 Å². The van der Waals surface area contributed by atoms with Crippen LogP contribution in [0.15, 0.2) is 12.1 Å². The van der Waals surface area contributed by atoms with Gasteiger partial charge in [-0.1, -0.05) is 11.6 Å². The molecule has 1 rings (SSSR count). The fourth-order valence-electron chi connectivity index (χ4n) is 1.45. The Labute approximate surface area is 117 Å². The number of hydrogen-bond donors (Lipinski definition) is 0. The summed E-state index contributed by atoms with van der Waals surface area (Å²) in [6.07, 6.45) is -11.4. The van der Waals surface area contributed by atoms with E-state index < -0.39 is 45.9 Å². The fourth-order valence-corrected chi connectivity index (χ4v) is 2.24. The molecule has 1 atom stereocenters. The highest BCUT2D eigenvalue weighted by Gasteiger charge is 2.60. The molecule has 0 saturated carbocycles. The Morgan fingerprint density at radius 1 is 0.850 bits per heavy atom. The molecule has 0 aliphatic rings. The molecule has 0 amide bonds. The molecule has 1 unspecified atom stereocenters. The lowest BCUT2D eigenvalue weighted by molar-refractivity contribution is -0.284. The van der Waals surface area contributed by atoms with Crippen molar-refractivity contribution in [2.75, 3.05) is 0 Å². The fraction of sp³-hybridized carbons (Fsp3) is 0.400. The number of hydrogen-bond acceptors (Lipinski definition) is 0. The molecule has 0 heterocycles. The zero-order chi connectivity index (χ0) is 15.9. The van der Waals surface area contributed by atoms with E-state index in [4.69, 9.17) is 23.2 Å². The van der Waals surface area contributed by atoms with E-state index >= 15 is 0 Å². The summed E-state index contributed by atoms with van der Waals surface area (Å²) in [6.45, 7) is 0. The predicted octanol–water partition coefficient (Wildman–Crippen LogP) is 5.64. The topological polar surface area (TPSA) is 0 Å². The first kappa shape index (κ1) is 17.3. The van der Waals surface area contributed by atoms with Crippen LogP contribution in [0.4, 0.5) is 35.1 Å².